The van der Waals surface area contributed by atoms with Gasteiger partial charge in [-0.3, -0.25) is 14.5 Å². The van der Waals surface area contributed by atoms with Crippen LogP contribution in [0.2, 0.25) is 0 Å². The minimum Gasteiger partial charge on any atom is -0.454 e. The highest BCUT2D eigenvalue weighted by atomic mass is 16.7. The van der Waals surface area contributed by atoms with Crippen LogP contribution in [-0.4, -0.2) is 41.6 Å². The number of hydrogen-bond donors (Lipinski definition) is 1. The van der Waals surface area contributed by atoms with E-state index >= 15 is 0 Å². The summed E-state index contributed by atoms with van der Waals surface area (Å²) in [5.74, 6) is 0.484. The molecule has 8 heteroatoms. The third-order valence-corrected chi connectivity index (χ3v) is 5.38. The van der Waals surface area contributed by atoms with Gasteiger partial charge in [-0.25, -0.2) is 9.69 Å². The minimum absolute atomic E-state index is 0.178. The molecule has 1 fully saturated rings. The number of hydrogen-bond acceptors (Lipinski definition) is 5. The van der Waals surface area contributed by atoms with Crippen molar-refractivity contribution in [1.82, 2.24) is 10.2 Å². The van der Waals surface area contributed by atoms with Crippen LogP contribution in [0.25, 0.3) is 0 Å². The number of fused-ring (bicyclic) bond motifs is 1. The van der Waals surface area contributed by atoms with E-state index in [2.05, 4.69) is 5.32 Å². The Morgan fingerprint density at radius 2 is 1.83 bits per heavy atom. The molecule has 4 amide bonds. The van der Waals surface area contributed by atoms with Gasteiger partial charge in [-0.15, -0.1) is 0 Å². The molecular formula is C22H23N3O5. The lowest BCUT2D eigenvalue weighted by atomic mass is 10.2. The van der Waals surface area contributed by atoms with Crippen LogP contribution in [0.1, 0.15) is 25.0 Å². The average Bonchev–Trinajstić information content (AvgIpc) is 3.29. The van der Waals surface area contributed by atoms with Crippen LogP contribution in [0, 0.1) is 6.92 Å². The highest BCUT2D eigenvalue weighted by Crippen LogP contribution is 2.32. The number of amides is 4. The van der Waals surface area contributed by atoms with E-state index in [0.29, 0.717) is 17.2 Å². The Morgan fingerprint density at radius 3 is 2.57 bits per heavy atom. The lowest BCUT2D eigenvalue weighted by Gasteiger charge is -2.22. The zero-order valence-electron chi connectivity index (χ0n) is 17.0. The third kappa shape index (κ3) is 3.45. The largest absolute Gasteiger partial charge is 0.454 e. The number of rotatable bonds is 5. The first-order valence-electron chi connectivity index (χ1n) is 9.76. The summed E-state index contributed by atoms with van der Waals surface area (Å²) in [6, 6.07) is 10.6. The van der Waals surface area contributed by atoms with Gasteiger partial charge >= 0.3 is 6.03 Å². The summed E-state index contributed by atoms with van der Waals surface area (Å²) in [5.41, 5.74) is 2.51. The first-order valence-corrected chi connectivity index (χ1v) is 9.76. The zero-order valence-corrected chi connectivity index (χ0v) is 17.0. The summed E-state index contributed by atoms with van der Waals surface area (Å²) in [4.78, 5) is 40.9. The molecule has 0 radical (unpaired) electrons. The summed E-state index contributed by atoms with van der Waals surface area (Å²) in [5, 5.41) is 2.78. The SMILES string of the molecule is Cc1ccc(N2C(=O)N(C(C)C(=O)NCc3ccc4c(c3)OCO4)C(=O)C2C)cc1. The predicted molar refractivity (Wildman–Crippen MR) is 109 cm³/mol. The molecule has 0 spiro atoms. The van der Waals surface area contributed by atoms with Crippen molar-refractivity contribution < 1.29 is 23.9 Å². The van der Waals surface area contributed by atoms with Crippen LogP contribution in [0.4, 0.5) is 10.5 Å². The van der Waals surface area contributed by atoms with Crippen LogP contribution in [-0.2, 0) is 16.1 Å². The Hall–Kier alpha value is -3.55. The van der Waals surface area contributed by atoms with Crippen LogP contribution in [0.5, 0.6) is 11.5 Å². The van der Waals surface area contributed by atoms with Crippen molar-refractivity contribution in [1.29, 1.82) is 0 Å². The average molecular weight is 409 g/mol. The Kier molecular flexibility index (Phi) is 5.07. The zero-order chi connectivity index (χ0) is 21.4. The van der Waals surface area contributed by atoms with Gasteiger partial charge in [0.05, 0.1) is 0 Å². The fourth-order valence-electron chi connectivity index (χ4n) is 3.59. The van der Waals surface area contributed by atoms with Crippen molar-refractivity contribution in [3.8, 4) is 11.5 Å². The maximum atomic E-state index is 13.0. The quantitative estimate of drug-likeness (QED) is 0.767. The molecule has 4 rings (SSSR count). The van der Waals surface area contributed by atoms with E-state index in [9.17, 15) is 14.4 Å². The summed E-state index contributed by atoms with van der Waals surface area (Å²) in [7, 11) is 0. The number of carbonyl (C=O) groups is 3. The predicted octanol–water partition coefficient (Wildman–Crippen LogP) is 2.59. The molecule has 2 aliphatic heterocycles. The molecule has 0 aliphatic carbocycles. The van der Waals surface area contributed by atoms with E-state index in [1.807, 2.05) is 25.1 Å². The first kappa shape index (κ1) is 19.8. The lowest BCUT2D eigenvalue weighted by Crippen LogP contribution is -2.48. The van der Waals surface area contributed by atoms with Gasteiger partial charge in [-0.2, -0.15) is 0 Å². The van der Waals surface area contributed by atoms with Crippen molar-refractivity contribution in [3.63, 3.8) is 0 Å². The molecule has 2 aromatic rings. The summed E-state index contributed by atoms with van der Waals surface area (Å²) in [6.45, 7) is 5.58. The summed E-state index contributed by atoms with van der Waals surface area (Å²) in [6.07, 6.45) is 0. The number of aryl methyl sites for hydroxylation is 1. The van der Waals surface area contributed by atoms with E-state index in [1.165, 1.54) is 4.90 Å². The molecule has 0 aromatic heterocycles. The molecule has 2 heterocycles. The van der Waals surface area contributed by atoms with Crippen LogP contribution in [0.15, 0.2) is 42.5 Å². The van der Waals surface area contributed by atoms with E-state index in [-0.39, 0.29) is 13.3 Å². The number of benzene rings is 2. The van der Waals surface area contributed by atoms with Crippen molar-refractivity contribution in [2.45, 2.75) is 39.4 Å². The minimum atomic E-state index is -0.933. The highest BCUT2D eigenvalue weighted by molar-refractivity contribution is 6.16. The van der Waals surface area contributed by atoms with Gasteiger partial charge in [-0.05, 0) is 50.6 Å². The number of urea groups is 1. The van der Waals surface area contributed by atoms with Crippen molar-refractivity contribution in [2.75, 3.05) is 11.7 Å². The molecule has 2 atom stereocenters. The second-order valence-electron chi connectivity index (χ2n) is 7.45. The van der Waals surface area contributed by atoms with Crippen LogP contribution in [0.3, 0.4) is 0 Å². The highest BCUT2D eigenvalue weighted by Gasteiger charge is 2.47. The second-order valence-corrected chi connectivity index (χ2v) is 7.45. The number of anilines is 1. The van der Waals surface area contributed by atoms with E-state index in [1.54, 1.807) is 38.1 Å². The monoisotopic (exact) mass is 409 g/mol. The smallest absolute Gasteiger partial charge is 0.332 e. The van der Waals surface area contributed by atoms with E-state index in [4.69, 9.17) is 9.47 Å². The van der Waals surface area contributed by atoms with Crippen LogP contribution < -0.4 is 19.7 Å². The second kappa shape index (κ2) is 7.70. The fraction of sp³-hybridized carbons (Fsp3) is 0.318. The summed E-state index contributed by atoms with van der Waals surface area (Å²) < 4.78 is 10.6. The van der Waals surface area contributed by atoms with E-state index in [0.717, 1.165) is 16.0 Å². The molecule has 2 aromatic carbocycles. The van der Waals surface area contributed by atoms with Gasteiger partial charge in [0.2, 0.25) is 12.7 Å². The molecule has 156 valence electrons. The van der Waals surface area contributed by atoms with Gasteiger partial charge in [0.25, 0.3) is 5.91 Å². The maximum Gasteiger partial charge on any atom is 0.332 e. The number of nitrogens with one attached hydrogen (secondary N) is 1. The molecule has 30 heavy (non-hydrogen) atoms. The summed E-state index contributed by atoms with van der Waals surface area (Å²) >= 11 is 0. The van der Waals surface area contributed by atoms with Gasteiger partial charge in [0.1, 0.15) is 12.1 Å². The molecule has 2 unspecified atom stereocenters. The number of carbonyl (C=O) groups excluding carboxylic acids is 3. The van der Waals surface area contributed by atoms with Gasteiger partial charge < -0.3 is 14.8 Å². The maximum absolute atomic E-state index is 13.0. The Morgan fingerprint density at radius 1 is 1.13 bits per heavy atom. The van der Waals surface area contributed by atoms with Crippen molar-refractivity contribution in [3.05, 3.63) is 53.6 Å². The number of ether oxygens (including phenoxy) is 2. The Labute approximate surface area is 174 Å². The van der Waals surface area contributed by atoms with Crippen LogP contribution >= 0.6 is 0 Å². The lowest BCUT2D eigenvalue weighted by molar-refractivity contribution is -0.135. The molecule has 0 saturated carbocycles. The Balaban J connectivity index is 1.44. The molecule has 8 nitrogen and oxygen atoms in total. The number of imide groups is 1. The third-order valence-electron chi connectivity index (χ3n) is 5.38. The van der Waals surface area contributed by atoms with Gasteiger partial charge in [-0.1, -0.05) is 23.8 Å². The van der Waals surface area contributed by atoms with Gasteiger partial charge in [0.15, 0.2) is 11.5 Å². The van der Waals surface area contributed by atoms with Gasteiger partial charge in [0, 0.05) is 12.2 Å². The fourth-order valence-corrected chi connectivity index (χ4v) is 3.59. The molecular weight excluding hydrogens is 386 g/mol. The molecule has 1 N–H and O–H groups in total. The normalized spacial score (nSPS) is 18.7. The van der Waals surface area contributed by atoms with Crippen molar-refractivity contribution >= 4 is 23.5 Å². The molecule has 1 saturated heterocycles. The Bertz CT molecular complexity index is 1000. The first-order chi connectivity index (χ1) is 14.4. The standard InChI is InChI=1S/C22H23N3O5/c1-13-4-7-17(8-5-13)24-15(3)21(27)25(22(24)28)14(2)20(26)23-11-16-6-9-18-19(10-16)30-12-29-18/h4-10,14-15H,11-12H2,1-3H3,(H,23,26). The molecule has 0 bridgehead atoms. The van der Waals surface area contributed by atoms with E-state index < -0.39 is 29.9 Å². The number of nitrogens with zero attached hydrogens (tertiary/aromatic N) is 2. The topological polar surface area (TPSA) is 88.2 Å². The molecule has 2 aliphatic rings. The van der Waals surface area contributed by atoms with Crippen molar-refractivity contribution in [2.24, 2.45) is 0 Å².